The molecule has 3 aromatic heterocycles. The van der Waals surface area contributed by atoms with Gasteiger partial charge in [0.15, 0.2) is 5.82 Å². The summed E-state index contributed by atoms with van der Waals surface area (Å²) in [5.41, 5.74) is 7.98. The average molecular weight is 383 g/mol. The van der Waals surface area contributed by atoms with Crippen LogP contribution in [0.4, 0.5) is 10.1 Å². The van der Waals surface area contributed by atoms with Gasteiger partial charge in [0.2, 0.25) is 5.91 Å². The summed E-state index contributed by atoms with van der Waals surface area (Å²) in [6.07, 6.45) is 3.15. The van der Waals surface area contributed by atoms with Gasteiger partial charge in [0.1, 0.15) is 5.82 Å². The topological polar surface area (TPSA) is 85.0 Å². The van der Waals surface area contributed by atoms with Gasteiger partial charge in [-0.25, -0.2) is 19.3 Å². The minimum absolute atomic E-state index is 0.00815. The Balaban J connectivity index is 1.35. The van der Waals surface area contributed by atoms with E-state index in [0.717, 1.165) is 10.6 Å². The molecule has 0 aromatic carbocycles. The molecule has 1 aliphatic rings. The second-order valence-corrected chi connectivity index (χ2v) is 7.52. The fraction of sp³-hybridized carbons (Fsp3) is 0.263. The van der Waals surface area contributed by atoms with Gasteiger partial charge in [-0.1, -0.05) is 6.07 Å². The highest BCUT2D eigenvalue weighted by Crippen LogP contribution is 2.26. The SMILES string of the molecule is Nc1ccc(-c2cccs2)nc1CC(=O)N1CC(Cc2ncc(F)cn2)C1. The lowest BCUT2D eigenvalue weighted by Crippen LogP contribution is -2.51. The van der Waals surface area contributed by atoms with Crippen LogP contribution in [0.15, 0.2) is 42.0 Å². The normalized spacial score (nSPS) is 14.2. The molecule has 0 radical (unpaired) electrons. The number of likely N-dealkylation sites (tertiary alicyclic amines) is 1. The molecule has 27 heavy (non-hydrogen) atoms. The molecule has 1 saturated heterocycles. The van der Waals surface area contributed by atoms with Crippen LogP contribution in [0.1, 0.15) is 11.5 Å². The zero-order valence-corrected chi connectivity index (χ0v) is 15.3. The molecule has 0 spiro atoms. The number of nitrogens with two attached hydrogens (primary N) is 1. The van der Waals surface area contributed by atoms with Crippen LogP contribution in [0, 0.1) is 11.7 Å². The molecular weight excluding hydrogens is 365 g/mol. The Morgan fingerprint density at radius 3 is 2.74 bits per heavy atom. The Morgan fingerprint density at radius 2 is 2.04 bits per heavy atom. The minimum Gasteiger partial charge on any atom is -0.397 e. The third-order valence-corrected chi connectivity index (χ3v) is 5.45. The number of carbonyl (C=O) groups is 1. The summed E-state index contributed by atoms with van der Waals surface area (Å²) < 4.78 is 12.9. The van der Waals surface area contributed by atoms with Crippen molar-refractivity contribution in [1.29, 1.82) is 0 Å². The zero-order valence-electron chi connectivity index (χ0n) is 14.5. The Bertz CT molecular complexity index is 939. The number of nitrogens with zero attached hydrogens (tertiary/aromatic N) is 4. The van der Waals surface area contributed by atoms with Gasteiger partial charge in [-0.3, -0.25) is 4.79 Å². The number of hydrogen-bond acceptors (Lipinski definition) is 6. The Labute approximate surface area is 159 Å². The van der Waals surface area contributed by atoms with Crippen molar-refractivity contribution < 1.29 is 9.18 Å². The third-order valence-electron chi connectivity index (χ3n) is 4.56. The number of aromatic nitrogens is 3. The lowest BCUT2D eigenvalue weighted by Gasteiger charge is -2.39. The number of hydrogen-bond donors (Lipinski definition) is 1. The molecular formula is C19H18FN5OS. The van der Waals surface area contributed by atoms with Crippen LogP contribution in [0.3, 0.4) is 0 Å². The zero-order chi connectivity index (χ0) is 18.8. The molecule has 3 aromatic rings. The highest BCUT2D eigenvalue weighted by Gasteiger charge is 2.31. The van der Waals surface area contributed by atoms with E-state index in [1.807, 2.05) is 23.6 Å². The maximum Gasteiger partial charge on any atom is 0.228 e. The molecule has 0 aliphatic carbocycles. The number of pyridine rings is 1. The summed E-state index contributed by atoms with van der Waals surface area (Å²) in [6, 6.07) is 7.63. The molecule has 4 rings (SSSR count). The Kier molecular flexibility index (Phi) is 4.81. The lowest BCUT2D eigenvalue weighted by atomic mass is 9.95. The molecule has 0 atom stereocenters. The molecule has 1 amide bonds. The van der Waals surface area contributed by atoms with Crippen molar-refractivity contribution in [2.45, 2.75) is 12.8 Å². The van der Waals surface area contributed by atoms with Crippen molar-refractivity contribution in [2.75, 3.05) is 18.8 Å². The molecule has 0 unspecified atom stereocenters. The van der Waals surface area contributed by atoms with Gasteiger partial charge in [-0.15, -0.1) is 11.3 Å². The lowest BCUT2D eigenvalue weighted by molar-refractivity contribution is -0.136. The predicted octanol–water partition coefficient (Wildman–Crippen LogP) is 2.57. The summed E-state index contributed by atoms with van der Waals surface area (Å²) in [4.78, 5) is 27.9. The first kappa shape index (κ1) is 17.5. The third kappa shape index (κ3) is 3.95. The van der Waals surface area contributed by atoms with Crippen LogP contribution in [0.2, 0.25) is 0 Å². The Morgan fingerprint density at radius 1 is 1.26 bits per heavy atom. The van der Waals surface area contributed by atoms with E-state index in [2.05, 4.69) is 15.0 Å². The summed E-state index contributed by atoms with van der Waals surface area (Å²) in [7, 11) is 0. The molecule has 2 N–H and O–H groups in total. The van der Waals surface area contributed by atoms with Crippen molar-refractivity contribution in [3.05, 3.63) is 59.4 Å². The number of thiophene rings is 1. The summed E-state index contributed by atoms with van der Waals surface area (Å²) >= 11 is 1.60. The molecule has 8 heteroatoms. The number of nitrogen functional groups attached to an aromatic ring is 1. The van der Waals surface area contributed by atoms with Crippen molar-refractivity contribution in [3.8, 4) is 10.6 Å². The van der Waals surface area contributed by atoms with Gasteiger partial charge in [-0.05, 0) is 23.6 Å². The highest BCUT2D eigenvalue weighted by molar-refractivity contribution is 7.13. The monoisotopic (exact) mass is 383 g/mol. The standard InChI is InChI=1S/C19H18FN5OS/c20-13-8-22-18(23-9-13)6-12-10-25(11-12)19(26)7-16-14(21)3-4-15(24-16)17-2-1-5-27-17/h1-5,8-9,12H,6-7,10-11,21H2. The molecule has 138 valence electrons. The van der Waals surface area contributed by atoms with E-state index in [9.17, 15) is 9.18 Å². The first-order chi connectivity index (χ1) is 13.1. The number of halogens is 1. The van der Waals surface area contributed by atoms with Crippen LogP contribution in [-0.4, -0.2) is 38.8 Å². The largest absolute Gasteiger partial charge is 0.397 e. The molecule has 4 heterocycles. The van der Waals surface area contributed by atoms with Crippen molar-refractivity contribution in [3.63, 3.8) is 0 Å². The number of anilines is 1. The number of amides is 1. The predicted molar refractivity (Wildman–Crippen MR) is 101 cm³/mol. The van der Waals surface area contributed by atoms with Crippen LogP contribution < -0.4 is 5.73 Å². The van der Waals surface area contributed by atoms with Crippen LogP contribution in [0.25, 0.3) is 10.6 Å². The van der Waals surface area contributed by atoms with E-state index in [1.54, 1.807) is 22.3 Å². The fourth-order valence-electron chi connectivity index (χ4n) is 3.08. The van der Waals surface area contributed by atoms with Gasteiger partial charge in [0.25, 0.3) is 0 Å². The van der Waals surface area contributed by atoms with E-state index < -0.39 is 5.82 Å². The van der Waals surface area contributed by atoms with Crippen LogP contribution in [0.5, 0.6) is 0 Å². The van der Waals surface area contributed by atoms with E-state index in [-0.39, 0.29) is 12.3 Å². The molecule has 0 bridgehead atoms. The first-order valence-corrected chi connectivity index (χ1v) is 9.50. The van der Waals surface area contributed by atoms with Gasteiger partial charge in [0, 0.05) is 25.4 Å². The van der Waals surface area contributed by atoms with Gasteiger partial charge < -0.3 is 10.6 Å². The molecule has 1 fully saturated rings. The van der Waals surface area contributed by atoms with Crippen molar-refractivity contribution >= 4 is 22.9 Å². The summed E-state index contributed by atoms with van der Waals surface area (Å²) in [6.45, 7) is 1.29. The average Bonchev–Trinajstić information content (AvgIpc) is 3.16. The van der Waals surface area contributed by atoms with Gasteiger partial charge in [0.05, 0.1) is 40.8 Å². The van der Waals surface area contributed by atoms with Crippen LogP contribution in [-0.2, 0) is 17.6 Å². The number of rotatable bonds is 5. The molecule has 0 saturated carbocycles. The maximum absolute atomic E-state index is 12.9. The van der Waals surface area contributed by atoms with Gasteiger partial charge in [-0.2, -0.15) is 0 Å². The van der Waals surface area contributed by atoms with E-state index in [0.29, 0.717) is 42.6 Å². The fourth-order valence-corrected chi connectivity index (χ4v) is 3.77. The van der Waals surface area contributed by atoms with Crippen molar-refractivity contribution in [2.24, 2.45) is 5.92 Å². The second kappa shape index (κ2) is 7.40. The minimum atomic E-state index is -0.445. The molecule has 6 nitrogen and oxygen atoms in total. The summed E-state index contributed by atoms with van der Waals surface area (Å²) in [5.74, 6) is 0.457. The van der Waals surface area contributed by atoms with Gasteiger partial charge >= 0.3 is 0 Å². The van der Waals surface area contributed by atoms with E-state index >= 15 is 0 Å². The summed E-state index contributed by atoms with van der Waals surface area (Å²) in [5, 5.41) is 1.99. The van der Waals surface area contributed by atoms with E-state index in [1.165, 1.54) is 12.4 Å². The quantitative estimate of drug-likeness (QED) is 0.732. The first-order valence-electron chi connectivity index (χ1n) is 8.62. The molecule has 1 aliphatic heterocycles. The maximum atomic E-state index is 12.9. The highest BCUT2D eigenvalue weighted by atomic mass is 32.1. The van der Waals surface area contributed by atoms with Crippen molar-refractivity contribution in [1.82, 2.24) is 19.9 Å². The van der Waals surface area contributed by atoms with Crippen LogP contribution >= 0.6 is 11.3 Å². The second-order valence-electron chi connectivity index (χ2n) is 6.57. The van der Waals surface area contributed by atoms with E-state index in [4.69, 9.17) is 5.73 Å². The Hall–Kier alpha value is -2.87. The smallest absolute Gasteiger partial charge is 0.228 e. The number of carbonyl (C=O) groups excluding carboxylic acids is 1.